The minimum absolute atomic E-state index is 0.326. The van der Waals surface area contributed by atoms with Crippen molar-refractivity contribution in [3.63, 3.8) is 0 Å². The number of rotatable bonds is 2. The second-order valence-corrected chi connectivity index (χ2v) is 3.66. The summed E-state index contributed by atoms with van der Waals surface area (Å²) in [6.45, 7) is 0. The van der Waals surface area contributed by atoms with Gasteiger partial charge in [0.2, 0.25) is 0 Å². The van der Waals surface area contributed by atoms with Crippen LogP contribution in [0.5, 0.6) is 0 Å². The lowest BCUT2D eigenvalue weighted by Crippen LogP contribution is -1.87. The number of halogens is 2. The molecule has 0 aliphatic carbocycles. The van der Waals surface area contributed by atoms with Crippen molar-refractivity contribution in [2.75, 3.05) is 0 Å². The third kappa shape index (κ3) is 2.48. The van der Waals surface area contributed by atoms with E-state index < -0.39 is 11.6 Å². The number of hydrogen-bond acceptors (Lipinski definition) is 1. The Bertz CT molecular complexity index is 568. The largest absolute Gasteiger partial charge is 0.207 e. The monoisotopic (exact) mass is 229 g/mol. The van der Waals surface area contributed by atoms with E-state index in [-0.39, 0.29) is 0 Å². The van der Waals surface area contributed by atoms with Crippen molar-refractivity contribution in [3.05, 3.63) is 59.7 Å². The van der Waals surface area contributed by atoms with Gasteiger partial charge in [-0.15, -0.1) is 0 Å². The van der Waals surface area contributed by atoms with Crippen LogP contribution in [-0.4, -0.2) is 0 Å². The van der Waals surface area contributed by atoms with Gasteiger partial charge < -0.3 is 0 Å². The van der Waals surface area contributed by atoms with Gasteiger partial charge in [0.25, 0.3) is 0 Å². The van der Waals surface area contributed by atoms with Crippen molar-refractivity contribution >= 4 is 0 Å². The Morgan fingerprint density at radius 1 is 1.00 bits per heavy atom. The van der Waals surface area contributed by atoms with E-state index in [4.69, 9.17) is 5.26 Å². The van der Waals surface area contributed by atoms with Crippen LogP contribution in [-0.2, 0) is 6.42 Å². The first-order valence-corrected chi connectivity index (χ1v) is 5.12. The van der Waals surface area contributed by atoms with E-state index in [1.54, 1.807) is 24.3 Å². The van der Waals surface area contributed by atoms with E-state index in [0.29, 0.717) is 17.5 Å². The van der Waals surface area contributed by atoms with Crippen molar-refractivity contribution in [3.8, 4) is 17.2 Å². The van der Waals surface area contributed by atoms with Crippen molar-refractivity contribution in [2.24, 2.45) is 0 Å². The molecule has 17 heavy (non-hydrogen) atoms. The van der Waals surface area contributed by atoms with Crippen LogP contribution >= 0.6 is 0 Å². The number of nitrogens with zero attached hydrogens (tertiary/aromatic N) is 1. The third-order valence-corrected chi connectivity index (χ3v) is 2.48. The molecule has 84 valence electrons. The molecule has 0 amide bonds. The molecule has 0 bridgehead atoms. The van der Waals surface area contributed by atoms with Crippen molar-refractivity contribution in [1.82, 2.24) is 0 Å². The molecule has 0 saturated heterocycles. The van der Waals surface area contributed by atoms with Crippen molar-refractivity contribution < 1.29 is 8.78 Å². The molecule has 0 atom stereocenters. The van der Waals surface area contributed by atoms with Crippen LogP contribution < -0.4 is 0 Å². The topological polar surface area (TPSA) is 23.8 Å². The van der Waals surface area contributed by atoms with Gasteiger partial charge >= 0.3 is 0 Å². The van der Waals surface area contributed by atoms with E-state index in [2.05, 4.69) is 0 Å². The van der Waals surface area contributed by atoms with Gasteiger partial charge in [0, 0.05) is 11.6 Å². The van der Waals surface area contributed by atoms with Crippen LogP contribution in [0.25, 0.3) is 11.1 Å². The van der Waals surface area contributed by atoms with Crippen LogP contribution in [0.3, 0.4) is 0 Å². The molecule has 0 saturated carbocycles. The maximum absolute atomic E-state index is 13.5. The first kappa shape index (κ1) is 11.3. The fourth-order valence-corrected chi connectivity index (χ4v) is 1.62. The predicted octanol–water partition coefficient (Wildman–Crippen LogP) is 3.70. The molecule has 0 aromatic heterocycles. The lowest BCUT2D eigenvalue weighted by Gasteiger charge is -2.04. The lowest BCUT2D eigenvalue weighted by molar-refractivity contribution is 0.585. The standard InChI is InChI=1S/C14H9F2N/c15-12-5-6-13(14(16)9-12)11-3-1-10(2-4-11)7-8-17/h1-6,9H,7H2. The average Bonchev–Trinajstić information content (AvgIpc) is 2.31. The first-order chi connectivity index (χ1) is 8.20. The zero-order chi connectivity index (χ0) is 12.3. The summed E-state index contributed by atoms with van der Waals surface area (Å²) in [5.41, 5.74) is 1.90. The molecule has 0 radical (unpaired) electrons. The van der Waals surface area contributed by atoms with Gasteiger partial charge in [-0.1, -0.05) is 24.3 Å². The number of benzene rings is 2. The minimum atomic E-state index is -0.590. The summed E-state index contributed by atoms with van der Waals surface area (Å²) in [6, 6.07) is 12.5. The Morgan fingerprint density at radius 2 is 1.71 bits per heavy atom. The third-order valence-electron chi connectivity index (χ3n) is 2.48. The molecular weight excluding hydrogens is 220 g/mol. The Labute approximate surface area is 97.9 Å². The second kappa shape index (κ2) is 4.75. The van der Waals surface area contributed by atoms with Gasteiger partial charge in [0.1, 0.15) is 11.6 Å². The van der Waals surface area contributed by atoms with Crippen LogP contribution in [0.15, 0.2) is 42.5 Å². The molecule has 0 heterocycles. The highest BCUT2D eigenvalue weighted by molar-refractivity contribution is 5.64. The van der Waals surface area contributed by atoms with Crippen molar-refractivity contribution in [2.45, 2.75) is 6.42 Å². The molecule has 2 aromatic rings. The highest BCUT2D eigenvalue weighted by atomic mass is 19.1. The summed E-state index contributed by atoms with van der Waals surface area (Å²) in [5.74, 6) is -1.18. The fraction of sp³-hybridized carbons (Fsp3) is 0.0714. The van der Waals surface area contributed by atoms with Gasteiger partial charge in [-0.25, -0.2) is 8.78 Å². The molecule has 1 nitrogen and oxygen atoms in total. The number of nitriles is 1. The van der Waals surface area contributed by atoms with Crippen LogP contribution in [0, 0.1) is 23.0 Å². The zero-order valence-electron chi connectivity index (χ0n) is 8.95. The molecule has 0 spiro atoms. The van der Waals surface area contributed by atoms with Gasteiger partial charge in [-0.3, -0.25) is 0 Å². The molecule has 0 N–H and O–H groups in total. The quantitative estimate of drug-likeness (QED) is 0.770. The van der Waals surface area contributed by atoms with Gasteiger partial charge in [0.15, 0.2) is 0 Å². The molecular formula is C14H9F2N. The summed E-state index contributed by atoms with van der Waals surface area (Å²) >= 11 is 0. The smallest absolute Gasteiger partial charge is 0.133 e. The SMILES string of the molecule is N#CCc1ccc(-c2ccc(F)cc2F)cc1. The van der Waals surface area contributed by atoms with Crippen LogP contribution in [0.2, 0.25) is 0 Å². The van der Waals surface area contributed by atoms with E-state index in [1.807, 2.05) is 6.07 Å². The highest BCUT2D eigenvalue weighted by Gasteiger charge is 2.05. The van der Waals surface area contributed by atoms with E-state index >= 15 is 0 Å². The summed E-state index contributed by atoms with van der Waals surface area (Å²) in [6.07, 6.45) is 0.326. The predicted molar refractivity (Wildman–Crippen MR) is 61.1 cm³/mol. The maximum Gasteiger partial charge on any atom is 0.133 e. The van der Waals surface area contributed by atoms with E-state index in [0.717, 1.165) is 11.6 Å². The molecule has 0 fully saturated rings. The van der Waals surface area contributed by atoms with Gasteiger partial charge in [-0.05, 0) is 23.3 Å². The second-order valence-electron chi connectivity index (χ2n) is 3.66. The molecule has 0 aliphatic heterocycles. The summed E-state index contributed by atoms with van der Waals surface area (Å²) in [7, 11) is 0. The summed E-state index contributed by atoms with van der Waals surface area (Å²) in [5, 5.41) is 8.53. The molecule has 2 aromatic carbocycles. The average molecular weight is 229 g/mol. The summed E-state index contributed by atoms with van der Waals surface area (Å²) < 4.78 is 26.2. The van der Waals surface area contributed by atoms with Crippen LogP contribution in [0.1, 0.15) is 5.56 Å². The normalized spacial score (nSPS) is 9.94. The van der Waals surface area contributed by atoms with E-state index in [1.165, 1.54) is 12.1 Å². The Kier molecular flexibility index (Phi) is 3.15. The molecule has 2 rings (SSSR count). The Morgan fingerprint density at radius 3 is 2.29 bits per heavy atom. The van der Waals surface area contributed by atoms with Crippen LogP contribution in [0.4, 0.5) is 8.78 Å². The maximum atomic E-state index is 13.5. The van der Waals surface area contributed by atoms with Gasteiger partial charge in [-0.2, -0.15) is 5.26 Å². The highest BCUT2D eigenvalue weighted by Crippen LogP contribution is 2.23. The fourth-order valence-electron chi connectivity index (χ4n) is 1.62. The lowest BCUT2D eigenvalue weighted by atomic mass is 10.0. The molecule has 0 unspecified atom stereocenters. The molecule has 3 heteroatoms. The summed E-state index contributed by atoms with van der Waals surface area (Å²) in [4.78, 5) is 0. The zero-order valence-corrected chi connectivity index (χ0v) is 8.95. The first-order valence-electron chi connectivity index (χ1n) is 5.12. The van der Waals surface area contributed by atoms with E-state index in [9.17, 15) is 8.78 Å². The Balaban J connectivity index is 2.37. The minimum Gasteiger partial charge on any atom is -0.207 e. The van der Waals surface area contributed by atoms with Crippen molar-refractivity contribution in [1.29, 1.82) is 5.26 Å². The Hall–Kier alpha value is -2.21. The number of hydrogen-bond donors (Lipinski definition) is 0. The molecule has 0 aliphatic rings. The van der Waals surface area contributed by atoms with Gasteiger partial charge in [0.05, 0.1) is 12.5 Å².